The maximum Gasteiger partial charge on any atom is 0.115 e. The van der Waals surface area contributed by atoms with Crippen LogP contribution < -0.4 is 0 Å². The van der Waals surface area contributed by atoms with Crippen LogP contribution in [0, 0.1) is 17.3 Å². The number of aliphatic hydroxyl groups is 1. The summed E-state index contributed by atoms with van der Waals surface area (Å²) in [6.45, 7) is 2.30. The number of phenolic OH excluding ortho intramolecular Hbond substituents is 1. The van der Waals surface area contributed by atoms with Gasteiger partial charge in [-0.25, -0.2) is 0 Å². The summed E-state index contributed by atoms with van der Waals surface area (Å²) < 4.78 is 0. The number of phenols is 1. The van der Waals surface area contributed by atoms with Gasteiger partial charge >= 0.3 is 0 Å². The van der Waals surface area contributed by atoms with Crippen molar-refractivity contribution in [3.8, 4) is 5.75 Å². The molecule has 3 nitrogen and oxygen atoms in total. The van der Waals surface area contributed by atoms with Crippen LogP contribution in [0.1, 0.15) is 55.3 Å². The van der Waals surface area contributed by atoms with E-state index in [1.807, 2.05) is 36.5 Å². The van der Waals surface area contributed by atoms with Gasteiger partial charge in [0, 0.05) is 11.6 Å². The van der Waals surface area contributed by atoms with E-state index in [0.29, 0.717) is 23.5 Å². The summed E-state index contributed by atoms with van der Waals surface area (Å²) in [5, 5.41) is 21.0. The fraction of sp³-hybridized carbons (Fsp3) is 0.458. The topological polar surface area (TPSA) is 53.4 Å². The van der Waals surface area contributed by atoms with Gasteiger partial charge in [-0.05, 0) is 96.9 Å². The normalized spacial score (nSPS) is 36.1. The van der Waals surface area contributed by atoms with Crippen molar-refractivity contribution in [1.29, 1.82) is 0 Å². The van der Waals surface area contributed by atoms with E-state index in [1.54, 1.807) is 0 Å². The van der Waals surface area contributed by atoms with Crippen molar-refractivity contribution in [3.05, 3.63) is 65.0 Å². The predicted octanol–water partition coefficient (Wildman–Crippen LogP) is 4.70. The summed E-state index contributed by atoms with van der Waals surface area (Å²) >= 11 is 0. The molecule has 140 valence electrons. The van der Waals surface area contributed by atoms with Crippen LogP contribution in [-0.2, 0) is 6.42 Å². The molecule has 0 radical (unpaired) electrons. The van der Waals surface area contributed by atoms with Gasteiger partial charge in [0.1, 0.15) is 5.75 Å². The van der Waals surface area contributed by atoms with Crippen LogP contribution in [0.5, 0.6) is 5.75 Å². The van der Waals surface area contributed by atoms with E-state index in [4.69, 9.17) is 0 Å². The van der Waals surface area contributed by atoms with Crippen molar-refractivity contribution < 1.29 is 10.2 Å². The average molecular weight is 361 g/mol. The molecule has 2 saturated carbocycles. The zero-order valence-electron chi connectivity index (χ0n) is 15.8. The van der Waals surface area contributed by atoms with Gasteiger partial charge in [-0.15, -0.1) is 0 Å². The molecule has 2 fully saturated rings. The first kappa shape index (κ1) is 17.0. The Balaban J connectivity index is 1.49. The molecule has 2 aromatic rings. The van der Waals surface area contributed by atoms with E-state index < -0.39 is 0 Å². The Labute approximate surface area is 160 Å². The molecule has 1 aromatic heterocycles. The number of rotatable bonds is 1. The van der Waals surface area contributed by atoms with Gasteiger partial charge < -0.3 is 10.2 Å². The molecule has 5 unspecified atom stereocenters. The molecule has 0 saturated heterocycles. The van der Waals surface area contributed by atoms with E-state index in [1.165, 1.54) is 11.1 Å². The number of aryl methyl sites for hydroxylation is 1. The summed E-state index contributed by atoms with van der Waals surface area (Å²) in [7, 11) is 0. The Morgan fingerprint density at radius 1 is 1.19 bits per heavy atom. The lowest BCUT2D eigenvalue weighted by atomic mass is 9.55. The van der Waals surface area contributed by atoms with Gasteiger partial charge in [0.2, 0.25) is 0 Å². The highest BCUT2D eigenvalue weighted by atomic mass is 16.3. The lowest BCUT2D eigenvalue weighted by Crippen LogP contribution is -2.44. The number of aliphatic hydroxyl groups excluding tert-OH is 1. The Hall–Kier alpha value is -2.13. The Bertz CT molecular complexity index is 891. The highest BCUT2D eigenvalue weighted by Gasteiger charge is 2.56. The number of aromatic hydroxyl groups is 1. The van der Waals surface area contributed by atoms with Crippen LogP contribution in [0.15, 0.2) is 48.2 Å². The molecule has 1 heterocycles. The summed E-state index contributed by atoms with van der Waals surface area (Å²) in [5.41, 5.74) is 4.81. The molecule has 0 bridgehead atoms. The molecule has 3 heteroatoms. The summed E-state index contributed by atoms with van der Waals surface area (Å²) in [6, 6.07) is 11.9. The lowest BCUT2D eigenvalue weighted by molar-refractivity contribution is -0.0158. The monoisotopic (exact) mass is 361 g/mol. The third-order valence-corrected chi connectivity index (χ3v) is 7.60. The van der Waals surface area contributed by atoms with E-state index in [9.17, 15) is 10.2 Å². The van der Waals surface area contributed by atoms with Crippen LogP contribution in [0.25, 0.3) is 6.08 Å². The summed E-state index contributed by atoms with van der Waals surface area (Å²) in [4.78, 5) is 4.43. The van der Waals surface area contributed by atoms with Gasteiger partial charge in [0.15, 0.2) is 0 Å². The quantitative estimate of drug-likeness (QED) is 0.774. The Morgan fingerprint density at radius 3 is 2.89 bits per heavy atom. The SMILES string of the molecule is CC12CCC3c4ccc(O)cc4CCC3C1CC(=Cc1ccccn1)C2O. The smallest absolute Gasteiger partial charge is 0.115 e. The van der Waals surface area contributed by atoms with Crippen LogP contribution >= 0.6 is 0 Å². The zero-order chi connectivity index (χ0) is 18.6. The number of benzene rings is 1. The second-order valence-electron chi connectivity index (χ2n) is 8.92. The molecule has 0 spiro atoms. The fourth-order valence-electron chi connectivity index (χ4n) is 6.22. The number of fused-ring (bicyclic) bond motifs is 5. The number of nitrogens with zero attached hydrogens (tertiary/aromatic N) is 1. The van der Waals surface area contributed by atoms with Crippen molar-refractivity contribution in [3.63, 3.8) is 0 Å². The van der Waals surface area contributed by atoms with Crippen LogP contribution in [0.4, 0.5) is 0 Å². The second-order valence-corrected chi connectivity index (χ2v) is 8.92. The highest BCUT2D eigenvalue weighted by molar-refractivity contribution is 5.52. The van der Waals surface area contributed by atoms with Crippen LogP contribution in [0.2, 0.25) is 0 Å². The van der Waals surface area contributed by atoms with Crippen LogP contribution in [-0.4, -0.2) is 21.3 Å². The van der Waals surface area contributed by atoms with Crippen molar-refractivity contribution in [2.75, 3.05) is 0 Å². The molecule has 5 atom stereocenters. The van der Waals surface area contributed by atoms with E-state index >= 15 is 0 Å². The number of aromatic nitrogens is 1. The van der Waals surface area contributed by atoms with E-state index in [0.717, 1.165) is 43.4 Å². The predicted molar refractivity (Wildman–Crippen MR) is 106 cm³/mol. The highest BCUT2D eigenvalue weighted by Crippen LogP contribution is 2.62. The maximum absolute atomic E-state index is 11.2. The molecule has 0 aliphatic heterocycles. The minimum absolute atomic E-state index is 0.0315. The second kappa shape index (κ2) is 6.20. The van der Waals surface area contributed by atoms with Crippen molar-refractivity contribution in [1.82, 2.24) is 4.98 Å². The van der Waals surface area contributed by atoms with Gasteiger partial charge in [-0.3, -0.25) is 4.98 Å². The molecule has 3 aliphatic carbocycles. The third kappa shape index (κ3) is 2.63. The molecule has 3 aliphatic rings. The average Bonchev–Trinajstić information content (AvgIpc) is 2.93. The molecular weight excluding hydrogens is 334 g/mol. The van der Waals surface area contributed by atoms with Gasteiger partial charge in [0.25, 0.3) is 0 Å². The maximum atomic E-state index is 11.2. The van der Waals surface area contributed by atoms with E-state index in [2.05, 4.69) is 24.1 Å². The van der Waals surface area contributed by atoms with E-state index in [-0.39, 0.29) is 11.5 Å². The minimum Gasteiger partial charge on any atom is -0.508 e. The number of pyridine rings is 1. The van der Waals surface area contributed by atoms with Crippen LogP contribution in [0.3, 0.4) is 0 Å². The lowest BCUT2D eigenvalue weighted by Gasteiger charge is -2.49. The largest absolute Gasteiger partial charge is 0.508 e. The summed E-state index contributed by atoms with van der Waals surface area (Å²) in [6.07, 6.45) is 8.90. The van der Waals surface area contributed by atoms with Crippen molar-refractivity contribution >= 4 is 6.08 Å². The molecule has 0 amide bonds. The first-order valence-corrected chi connectivity index (χ1v) is 10.2. The Kier molecular flexibility index (Phi) is 3.90. The standard InChI is InChI=1S/C24H27NO2/c1-24-10-9-20-19-8-6-18(26)13-15(19)5-7-21(20)22(24)14-16(23(24)27)12-17-4-2-3-11-25-17/h2-4,6,8,11-13,20-23,26-27H,5,7,9-10,14H2,1H3. The third-order valence-electron chi connectivity index (χ3n) is 7.60. The van der Waals surface area contributed by atoms with Crippen molar-refractivity contribution in [2.24, 2.45) is 17.3 Å². The minimum atomic E-state index is -0.369. The van der Waals surface area contributed by atoms with Gasteiger partial charge in [-0.2, -0.15) is 0 Å². The first-order chi connectivity index (χ1) is 13.1. The molecule has 27 heavy (non-hydrogen) atoms. The molecule has 5 rings (SSSR count). The molecule has 1 aromatic carbocycles. The fourth-order valence-corrected chi connectivity index (χ4v) is 6.22. The summed E-state index contributed by atoms with van der Waals surface area (Å²) in [5.74, 6) is 2.08. The molecule has 2 N–H and O–H groups in total. The van der Waals surface area contributed by atoms with Gasteiger partial charge in [-0.1, -0.05) is 19.1 Å². The van der Waals surface area contributed by atoms with Crippen molar-refractivity contribution in [2.45, 2.75) is 51.0 Å². The Morgan fingerprint density at radius 2 is 2.07 bits per heavy atom. The number of hydrogen-bond donors (Lipinski definition) is 2. The zero-order valence-corrected chi connectivity index (χ0v) is 15.8. The van der Waals surface area contributed by atoms with Gasteiger partial charge in [0.05, 0.1) is 11.8 Å². The number of hydrogen-bond acceptors (Lipinski definition) is 3. The first-order valence-electron chi connectivity index (χ1n) is 10.2. The molecular formula is C24H27NO2.